The molecule has 0 amide bonds. The Hall–Kier alpha value is -1.70. The van der Waals surface area contributed by atoms with Crippen LogP contribution < -0.4 is 5.73 Å². The van der Waals surface area contributed by atoms with E-state index in [1.54, 1.807) is 6.07 Å². The van der Waals surface area contributed by atoms with Gasteiger partial charge in [0.1, 0.15) is 0 Å². The molecule has 2 N–H and O–H groups in total. The second-order valence-electron chi connectivity index (χ2n) is 4.28. The third-order valence-electron chi connectivity index (χ3n) is 3.00. The zero-order valence-corrected chi connectivity index (χ0v) is 10.5. The highest BCUT2D eigenvalue weighted by Gasteiger charge is 2.61. The normalized spacial score (nSPS) is 13.2. The molecular weight excluding hydrogens is 281 g/mol. The fourth-order valence-electron chi connectivity index (χ4n) is 1.99. The van der Waals surface area contributed by atoms with Gasteiger partial charge in [0.25, 0.3) is 0 Å². The molecule has 0 saturated carbocycles. The Bertz CT molecular complexity index is 630. The van der Waals surface area contributed by atoms with E-state index in [4.69, 9.17) is 5.73 Å². The van der Waals surface area contributed by atoms with Gasteiger partial charge in [0.15, 0.2) is 5.82 Å². The minimum atomic E-state index is -5.68. The monoisotopic (exact) mass is 293 g/mol. The van der Waals surface area contributed by atoms with Crippen molar-refractivity contribution in [3.63, 3.8) is 0 Å². The Balaban J connectivity index is 2.71. The topological polar surface area (TPSA) is 43.8 Å². The second kappa shape index (κ2) is 4.69. The first-order valence-corrected chi connectivity index (χ1v) is 5.86. The maximum Gasteiger partial charge on any atom is 0.461 e. The summed E-state index contributed by atoms with van der Waals surface area (Å²) in [5.74, 6) is -6.29. The molecule has 0 saturated heterocycles. The summed E-state index contributed by atoms with van der Waals surface area (Å²) in [6, 6.07) is 4.44. The predicted molar refractivity (Wildman–Crippen MR) is 63.2 cm³/mol. The molecule has 3 nitrogen and oxygen atoms in total. The SMILES string of the molecule is CCn1c(C(F)(F)C(F)(F)F)nc2cc(CN)ccc21. The number of nitrogens with zero attached hydrogens (tertiary/aromatic N) is 2. The molecule has 8 heteroatoms. The summed E-state index contributed by atoms with van der Waals surface area (Å²) in [4.78, 5) is 3.47. The van der Waals surface area contributed by atoms with Crippen LogP contribution in [0.3, 0.4) is 0 Å². The number of benzene rings is 1. The molecule has 1 aromatic carbocycles. The van der Waals surface area contributed by atoms with Gasteiger partial charge in [-0.25, -0.2) is 4.98 Å². The minimum Gasteiger partial charge on any atom is -0.326 e. The van der Waals surface area contributed by atoms with Crippen molar-refractivity contribution in [2.45, 2.75) is 32.1 Å². The Morgan fingerprint density at radius 3 is 2.35 bits per heavy atom. The van der Waals surface area contributed by atoms with Crippen LogP contribution in [0, 0.1) is 0 Å². The van der Waals surface area contributed by atoms with Crippen LogP contribution >= 0.6 is 0 Å². The Morgan fingerprint density at radius 1 is 1.20 bits per heavy atom. The Morgan fingerprint density at radius 2 is 1.85 bits per heavy atom. The van der Waals surface area contributed by atoms with Crippen LogP contribution in [-0.4, -0.2) is 15.7 Å². The zero-order chi connectivity index (χ0) is 15.1. The number of aryl methyl sites for hydroxylation is 1. The Kier molecular flexibility index (Phi) is 3.45. The van der Waals surface area contributed by atoms with E-state index in [-0.39, 0.29) is 24.1 Å². The highest BCUT2D eigenvalue weighted by atomic mass is 19.4. The van der Waals surface area contributed by atoms with Gasteiger partial charge in [-0.1, -0.05) is 6.07 Å². The average molecular weight is 293 g/mol. The lowest BCUT2D eigenvalue weighted by atomic mass is 10.2. The zero-order valence-electron chi connectivity index (χ0n) is 10.5. The number of aromatic nitrogens is 2. The van der Waals surface area contributed by atoms with Crippen molar-refractivity contribution >= 4 is 11.0 Å². The summed E-state index contributed by atoms with van der Waals surface area (Å²) in [5.41, 5.74) is 6.32. The van der Waals surface area contributed by atoms with Crippen molar-refractivity contribution < 1.29 is 22.0 Å². The van der Waals surface area contributed by atoms with Gasteiger partial charge in [-0.3, -0.25) is 0 Å². The molecule has 0 aliphatic heterocycles. The van der Waals surface area contributed by atoms with Crippen LogP contribution in [0.2, 0.25) is 0 Å². The van der Waals surface area contributed by atoms with Crippen molar-refractivity contribution in [3.05, 3.63) is 29.6 Å². The van der Waals surface area contributed by atoms with Crippen molar-refractivity contribution in [1.82, 2.24) is 9.55 Å². The predicted octanol–water partition coefficient (Wildman–Crippen LogP) is 3.17. The van der Waals surface area contributed by atoms with E-state index >= 15 is 0 Å². The van der Waals surface area contributed by atoms with Gasteiger partial charge < -0.3 is 10.3 Å². The van der Waals surface area contributed by atoms with Crippen molar-refractivity contribution in [2.75, 3.05) is 0 Å². The van der Waals surface area contributed by atoms with E-state index in [1.807, 2.05) is 0 Å². The molecule has 110 valence electrons. The number of imidazole rings is 1. The summed E-state index contributed by atoms with van der Waals surface area (Å²) < 4.78 is 65.3. The maximum atomic E-state index is 13.5. The molecule has 0 bridgehead atoms. The largest absolute Gasteiger partial charge is 0.461 e. The van der Waals surface area contributed by atoms with Gasteiger partial charge >= 0.3 is 12.1 Å². The number of fused-ring (bicyclic) bond motifs is 1. The molecule has 0 aliphatic rings. The van der Waals surface area contributed by atoms with Crippen LogP contribution in [-0.2, 0) is 19.0 Å². The van der Waals surface area contributed by atoms with E-state index < -0.39 is 17.9 Å². The van der Waals surface area contributed by atoms with E-state index in [9.17, 15) is 22.0 Å². The third-order valence-corrected chi connectivity index (χ3v) is 3.00. The summed E-state index contributed by atoms with van der Waals surface area (Å²) in [7, 11) is 0. The average Bonchev–Trinajstić information content (AvgIpc) is 2.75. The number of hydrogen-bond donors (Lipinski definition) is 1. The molecule has 2 rings (SSSR count). The number of nitrogens with two attached hydrogens (primary N) is 1. The standard InChI is InChI=1S/C12H12F5N3/c1-2-20-9-4-3-7(6-18)5-8(9)19-10(20)11(13,14)12(15,16)17/h3-5H,2,6,18H2,1H3. The van der Waals surface area contributed by atoms with Gasteiger partial charge in [-0.05, 0) is 24.6 Å². The number of rotatable bonds is 3. The summed E-state index contributed by atoms with van der Waals surface area (Å²) >= 11 is 0. The van der Waals surface area contributed by atoms with Gasteiger partial charge in [-0.2, -0.15) is 22.0 Å². The highest BCUT2D eigenvalue weighted by Crippen LogP contribution is 2.44. The van der Waals surface area contributed by atoms with Crippen LogP contribution in [0.15, 0.2) is 18.2 Å². The third kappa shape index (κ3) is 2.13. The van der Waals surface area contributed by atoms with Gasteiger partial charge in [-0.15, -0.1) is 0 Å². The fraction of sp³-hybridized carbons (Fsp3) is 0.417. The van der Waals surface area contributed by atoms with E-state index in [2.05, 4.69) is 4.98 Å². The molecule has 2 aromatic rings. The van der Waals surface area contributed by atoms with Gasteiger partial charge in [0.2, 0.25) is 0 Å². The fourth-order valence-corrected chi connectivity index (χ4v) is 1.99. The summed E-state index contributed by atoms with van der Waals surface area (Å²) in [6.07, 6.45) is -5.68. The summed E-state index contributed by atoms with van der Waals surface area (Å²) in [5, 5.41) is 0. The van der Waals surface area contributed by atoms with Crippen LogP contribution in [0.1, 0.15) is 18.3 Å². The lowest BCUT2D eigenvalue weighted by molar-refractivity contribution is -0.293. The molecule has 0 fully saturated rings. The van der Waals surface area contributed by atoms with E-state index in [0.29, 0.717) is 5.56 Å². The van der Waals surface area contributed by atoms with E-state index in [0.717, 1.165) is 4.57 Å². The molecule has 0 atom stereocenters. The lowest BCUT2D eigenvalue weighted by Gasteiger charge is -2.19. The first kappa shape index (κ1) is 14.7. The van der Waals surface area contributed by atoms with Gasteiger partial charge in [0, 0.05) is 13.1 Å². The van der Waals surface area contributed by atoms with Crippen LogP contribution in [0.5, 0.6) is 0 Å². The Labute approximate surface area is 111 Å². The molecule has 20 heavy (non-hydrogen) atoms. The molecule has 0 aliphatic carbocycles. The molecular formula is C12H12F5N3. The highest BCUT2D eigenvalue weighted by molar-refractivity contribution is 5.77. The molecule has 0 spiro atoms. The van der Waals surface area contributed by atoms with Crippen LogP contribution in [0.25, 0.3) is 11.0 Å². The minimum absolute atomic E-state index is 0.0422. The van der Waals surface area contributed by atoms with Crippen molar-refractivity contribution in [2.24, 2.45) is 5.73 Å². The number of hydrogen-bond acceptors (Lipinski definition) is 2. The maximum absolute atomic E-state index is 13.5. The first-order chi connectivity index (χ1) is 9.22. The van der Waals surface area contributed by atoms with Gasteiger partial charge in [0.05, 0.1) is 11.0 Å². The lowest BCUT2D eigenvalue weighted by Crippen LogP contribution is -2.36. The quantitative estimate of drug-likeness (QED) is 0.883. The smallest absolute Gasteiger partial charge is 0.326 e. The molecule has 1 heterocycles. The second-order valence-corrected chi connectivity index (χ2v) is 4.28. The molecule has 0 unspecified atom stereocenters. The van der Waals surface area contributed by atoms with Crippen molar-refractivity contribution in [3.8, 4) is 0 Å². The number of halogens is 5. The van der Waals surface area contributed by atoms with Crippen LogP contribution in [0.4, 0.5) is 22.0 Å². The number of alkyl halides is 5. The summed E-state index contributed by atoms with van der Waals surface area (Å²) in [6.45, 7) is 1.59. The van der Waals surface area contributed by atoms with Crippen molar-refractivity contribution in [1.29, 1.82) is 0 Å². The van der Waals surface area contributed by atoms with E-state index in [1.165, 1.54) is 19.1 Å². The first-order valence-electron chi connectivity index (χ1n) is 5.86. The molecule has 0 radical (unpaired) electrons. The molecule has 1 aromatic heterocycles.